The molecule has 4 rings (SSSR count). The molecule has 0 amide bonds. The lowest BCUT2D eigenvalue weighted by molar-refractivity contribution is 0.292. The lowest BCUT2D eigenvalue weighted by Gasteiger charge is -2.35. The van der Waals surface area contributed by atoms with Gasteiger partial charge in [0.2, 0.25) is 0 Å². The van der Waals surface area contributed by atoms with Crippen LogP contribution in [-0.2, 0) is 6.54 Å². The van der Waals surface area contributed by atoms with Crippen molar-refractivity contribution in [1.29, 1.82) is 0 Å². The third-order valence-electron chi connectivity index (χ3n) is 6.66. The average Bonchev–Trinajstić information content (AvgIpc) is 3.38. The first-order chi connectivity index (χ1) is 15.1. The Bertz CT molecular complexity index is 908. The molecule has 0 atom stereocenters. The fourth-order valence-corrected chi connectivity index (χ4v) is 4.70. The first kappa shape index (κ1) is 21.5. The summed E-state index contributed by atoms with van der Waals surface area (Å²) in [5.74, 6) is 1.48. The number of benzene rings is 2. The second-order valence-corrected chi connectivity index (χ2v) is 8.73. The number of ether oxygens (including phenoxy) is 1. The molecule has 0 aromatic heterocycles. The van der Waals surface area contributed by atoms with Crippen molar-refractivity contribution in [2.45, 2.75) is 38.1 Å². The molecule has 2 aliphatic rings. The van der Waals surface area contributed by atoms with E-state index in [1.54, 1.807) is 0 Å². The molecular formula is C27H35N3O. The molecule has 0 unspecified atom stereocenters. The quantitative estimate of drug-likeness (QED) is 0.657. The van der Waals surface area contributed by atoms with Crippen LogP contribution < -0.4 is 10.5 Å². The van der Waals surface area contributed by atoms with Gasteiger partial charge in [-0.2, -0.15) is 0 Å². The van der Waals surface area contributed by atoms with Gasteiger partial charge in [0, 0.05) is 49.7 Å². The molecule has 4 heteroatoms. The molecule has 2 aromatic rings. The van der Waals surface area contributed by atoms with Crippen LogP contribution in [0.25, 0.3) is 5.70 Å². The van der Waals surface area contributed by atoms with Gasteiger partial charge in [0.05, 0.1) is 0 Å². The number of likely N-dealkylation sites (tertiary alicyclic amines) is 2. The van der Waals surface area contributed by atoms with Crippen LogP contribution in [0, 0.1) is 0 Å². The van der Waals surface area contributed by atoms with Crippen LogP contribution in [0.2, 0.25) is 0 Å². The van der Waals surface area contributed by atoms with Crippen LogP contribution in [0.1, 0.15) is 48.3 Å². The third-order valence-corrected chi connectivity index (χ3v) is 6.66. The van der Waals surface area contributed by atoms with Crippen LogP contribution in [0.5, 0.6) is 5.75 Å². The van der Waals surface area contributed by atoms with E-state index in [0.717, 1.165) is 61.7 Å². The number of hydrogen-bond acceptors (Lipinski definition) is 4. The Hall–Kier alpha value is -2.72. The first-order valence-electron chi connectivity index (χ1n) is 11.5. The predicted octanol–water partition coefficient (Wildman–Crippen LogP) is 4.98. The minimum Gasteiger partial charge on any atom is -0.487 e. The molecule has 2 fully saturated rings. The van der Waals surface area contributed by atoms with Crippen molar-refractivity contribution in [3.05, 3.63) is 84.1 Å². The largest absolute Gasteiger partial charge is 0.487 e. The van der Waals surface area contributed by atoms with E-state index in [4.69, 9.17) is 10.5 Å². The summed E-state index contributed by atoms with van der Waals surface area (Å²) < 4.78 is 6.04. The van der Waals surface area contributed by atoms with Crippen molar-refractivity contribution < 1.29 is 4.74 Å². The smallest absolute Gasteiger partial charge is 0.127 e. The van der Waals surface area contributed by atoms with E-state index in [2.05, 4.69) is 65.4 Å². The van der Waals surface area contributed by atoms with Crippen molar-refractivity contribution in [3.63, 3.8) is 0 Å². The molecule has 2 heterocycles. The highest BCUT2D eigenvalue weighted by molar-refractivity contribution is 5.63. The van der Waals surface area contributed by atoms with Gasteiger partial charge < -0.3 is 20.3 Å². The summed E-state index contributed by atoms with van der Waals surface area (Å²) in [5, 5.41) is 0. The lowest BCUT2D eigenvalue weighted by atomic mass is 9.88. The van der Waals surface area contributed by atoms with Crippen LogP contribution in [0.4, 0.5) is 0 Å². The highest BCUT2D eigenvalue weighted by Gasteiger charge is 2.22. The maximum atomic E-state index is 6.04. The second-order valence-electron chi connectivity index (χ2n) is 8.73. The zero-order valence-electron chi connectivity index (χ0n) is 18.6. The molecule has 2 N–H and O–H groups in total. The monoisotopic (exact) mass is 417 g/mol. The fourth-order valence-electron chi connectivity index (χ4n) is 4.70. The van der Waals surface area contributed by atoms with Crippen molar-refractivity contribution >= 4 is 5.70 Å². The number of nitrogens with zero attached hydrogens (tertiary/aromatic N) is 2. The number of rotatable bonds is 8. The highest BCUT2D eigenvalue weighted by atomic mass is 16.5. The summed E-state index contributed by atoms with van der Waals surface area (Å²) in [6, 6.07) is 17.1. The number of piperidine rings is 1. The summed E-state index contributed by atoms with van der Waals surface area (Å²) in [6.07, 6.45) is 4.78. The predicted molar refractivity (Wildman–Crippen MR) is 129 cm³/mol. The third kappa shape index (κ3) is 5.31. The number of nitrogens with two attached hydrogens (primary N) is 1. The first-order valence-corrected chi connectivity index (χ1v) is 11.5. The Kier molecular flexibility index (Phi) is 6.98. The zero-order valence-corrected chi connectivity index (χ0v) is 18.6. The van der Waals surface area contributed by atoms with Gasteiger partial charge in [-0.25, -0.2) is 0 Å². The summed E-state index contributed by atoms with van der Waals surface area (Å²) in [5.41, 5.74) is 11.7. The van der Waals surface area contributed by atoms with Gasteiger partial charge in [0.25, 0.3) is 0 Å². The molecule has 2 saturated heterocycles. The van der Waals surface area contributed by atoms with Crippen LogP contribution >= 0.6 is 0 Å². The fraction of sp³-hybridized carbons (Fsp3) is 0.407. The Morgan fingerprint density at radius 2 is 1.68 bits per heavy atom. The summed E-state index contributed by atoms with van der Waals surface area (Å²) >= 11 is 0. The van der Waals surface area contributed by atoms with E-state index in [-0.39, 0.29) is 0 Å². The van der Waals surface area contributed by atoms with E-state index < -0.39 is 0 Å². The Labute approximate surface area is 187 Å². The molecule has 164 valence electrons. The summed E-state index contributed by atoms with van der Waals surface area (Å²) in [6.45, 7) is 14.0. The number of hydrogen-bond donors (Lipinski definition) is 1. The average molecular weight is 418 g/mol. The Morgan fingerprint density at radius 1 is 0.935 bits per heavy atom. The van der Waals surface area contributed by atoms with E-state index in [1.165, 1.54) is 24.0 Å². The summed E-state index contributed by atoms with van der Waals surface area (Å²) in [7, 11) is 0. The molecular weight excluding hydrogens is 382 g/mol. The van der Waals surface area contributed by atoms with E-state index in [0.29, 0.717) is 19.1 Å². The Balaban J connectivity index is 1.32. The molecule has 0 radical (unpaired) electrons. The molecule has 0 bridgehead atoms. The Morgan fingerprint density at radius 3 is 2.42 bits per heavy atom. The van der Waals surface area contributed by atoms with Crippen molar-refractivity contribution in [3.8, 4) is 5.75 Å². The van der Waals surface area contributed by atoms with Gasteiger partial charge in [-0.05, 0) is 54.9 Å². The summed E-state index contributed by atoms with van der Waals surface area (Å²) in [4.78, 5) is 4.74. The van der Waals surface area contributed by atoms with Gasteiger partial charge in [0.1, 0.15) is 12.4 Å². The van der Waals surface area contributed by atoms with Crippen LogP contribution in [0.3, 0.4) is 0 Å². The highest BCUT2D eigenvalue weighted by Crippen LogP contribution is 2.32. The molecule has 0 spiro atoms. The van der Waals surface area contributed by atoms with Gasteiger partial charge in [-0.3, -0.25) is 0 Å². The molecule has 2 aromatic carbocycles. The van der Waals surface area contributed by atoms with Crippen molar-refractivity contribution in [2.24, 2.45) is 5.73 Å². The van der Waals surface area contributed by atoms with Crippen molar-refractivity contribution in [2.75, 3.05) is 32.8 Å². The second kappa shape index (κ2) is 10.1. The molecule has 0 saturated carbocycles. The molecule has 4 nitrogen and oxygen atoms in total. The van der Waals surface area contributed by atoms with Gasteiger partial charge >= 0.3 is 0 Å². The standard InChI is InChI=1S/C27H35N3O/c1-21(29-13-3-4-14-29)20-31-27-10-6-8-25(18-27)22(2)30-15-11-24(12-16-30)26-9-5-7-23(17-26)19-28/h5-10,17-18,24H,1-4,11-16,19-20,28H2. The maximum Gasteiger partial charge on any atom is 0.127 e. The maximum absolute atomic E-state index is 6.04. The topological polar surface area (TPSA) is 41.7 Å². The lowest BCUT2D eigenvalue weighted by Crippen LogP contribution is -2.31. The molecule has 2 aliphatic heterocycles. The van der Waals surface area contributed by atoms with Crippen LogP contribution in [-0.4, -0.2) is 42.6 Å². The van der Waals surface area contributed by atoms with Crippen LogP contribution in [0.15, 0.2) is 67.4 Å². The normalized spacial score (nSPS) is 17.1. The van der Waals surface area contributed by atoms with Crippen molar-refractivity contribution in [1.82, 2.24) is 9.80 Å². The van der Waals surface area contributed by atoms with E-state index in [9.17, 15) is 0 Å². The van der Waals surface area contributed by atoms with E-state index in [1.807, 2.05) is 6.07 Å². The van der Waals surface area contributed by atoms with Gasteiger partial charge in [-0.1, -0.05) is 49.6 Å². The SMILES string of the molecule is C=C(COc1cccc(C(=C)N2CCC(c3cccc(CN)c3)CC2)c1)N1CCCC1. The minimum atomic E-state index is 0.545. The minimum absolute atomic E-state index is 0.545. The van der Waals surface area contributed by atoms with E-state index >= 15 is 0 Å². The molecule has 0 aliphatic carbocycles. The zero-order chi connectivity index (χ0) is 21.6. The van der Waals surface area contributed by atoms with Gasteiger partial charge in [0.15, 0.2) is 0 Å². The molecule has 31 heavy (non-hydrogen) atoms. The van der Waals surface area contributed by atoms with Gasteiger partial charge in [-0.15, -0.1) is 0 Å².